The van der Waals surface area contributed by atoms with Crippen LogP contribution in [0.1, 0.15) is 18.9 Å². The van der Waals surface area contributed by atoms with Gasteiger partial charge in [-0.1, -0.05) is 18.2 Å². The maximum atomic E-state index is 12.0. The van der Waals surface area contributed by atoms with E-state index in [0.717, 1.165) is 16.5 Å². The Morgan fingerprint density at radius 3 is 2.73 bits per heavy atom. The number of para-hydroxylation sites is 1. The predicted molar refractivity (Wildman–Crippen MR) is 86.3 cm³/mol. The molecular formula is C16H22N4O2. The second kappa shape index (κ2) is 7.09. The number of H-pyrrole nitrogens is 1. The summed E-state index contributed by atoms with van der Waals surface area (Å²) >= 11 is 0. The van der Waals surface area contributed by atoms with Crippen LogP contribution < -0.4 is 16.4 Å². The van der Waals surface area contributed by atoms with E-state index >= 15 is 0 Å². The van der Waals surface area contributed by atoms with Gasteiger partial charge in [0, 0.05) is 43.0 Å². The van der Waals surface area contributed by atoms with Crippen molar-refractivity contribution in [1.82, 2.24) is 15.6 Å². The standard InChI is InChI=1S/C16H22N4O2/c1-10(17)7-15(21)20-14(16(22)18-2)8-11-9-19-13-6-4-3-5-12(11)13/h3-6,9-10,14,19H,7-8,17H2,1-2H3,(H,18,22)(H,20,21)/t10?,14-/m0/s1. The molecule has 0 saturated carbocycles. The largest absolute Gasteiger partial charge is 0.361 e. The number of carbonyl (C=O) groups is 2. The van der Waals surface area contributed by atoms with Crippen LogP contribution in [-0.4, -0.2) is 35.9 Å². The number of rotatable bonds is 6. The number of benzene rings is 1. The molecule has 0 saturated heterocycles. The zero-order chi connectivity index (χ0) is 16.1. The average molecular weight is 302 g/mol. The van der Waals surface area contributed by atoms with Gasteiger partial charge in [-0.15, -0.1) is 0 Å². The number of hydrogen-bond acceptors (Lipinski definition) is 3. The van der Waals surface area contributed by atoms with E-state index in [9.17, 15) is 9.59 Å². The Hall–Kier alpha value is -2.34. The first-order valence-electron chi connectivity index (χ1n) is 7.32. The van der Waals surface area contributed by atoms with Gasteiger partial charge in [-0.3, -0.25) is 9.59 Å². The summed E-state index contributed by atoms with van der Waals surface area (Å²) in [6.45, 7) is 1.76. The zero-order valence-corrected chi connectivity index (χ0v) is 12.8. The summed E-state index contributed by atoms with van der Waals surface area (Å²) in [7, 11) is 1.56. The highest BCUT2D eigenvalue weighted by molar-refractivity contribution is 5.89. The van der Waals surface area contributed by atoms with Crippen LogP contribution in [0.15, 0.2) is 30.5 Å². The van der Waals surface area contributed by atoms with Crippen LogP contribution in [0.5, 0.6) is 0 Å². The third-order valence-electron chi connectivity index (χ3n) is 3.50. The summed E-state index contributed by atoms with van der Waals surface area (Å²) in [4.78, 5) is 27.1. The highest BCUT2D eigenvalue weighted by Gasteiger charge is 2.21. The minimum atomic E-state index is -0.615. The number of hydrogen-bond donors (Lipinski definition) is 4. The fourth-order valence-corrected chi connectivity index (χ4v) is 2.45. The minimum absolute atomic E-state index is 0.196. The highest BCUT2D eigenvalue weighted by atomic mass is 16.2. The van der Waals surface area contributed by atoms with Gasteiger partial charge >= 0.3 is 0 Å². The summed E-state index contributed by atoms with van der Waals surface area (Å²) < 4.78 is 0. The third kappa shape index (κ3) is 3.85. The van der Waals surface area contributed by atoms with Crippen LogP contribution in [0.3, 0.4) is 0 Å². The average Bonchev–Trinajstić information content (AvgIpc) is 2.88. The molecule has 0 spiro atoms. The summed E-state index contributed by atoms with van der Waals surface area (Å²) in [5, 5.41) is 6.40. The van der Waals surface area contributed by atoms with Crippen molar-refractivity contribution in [2.45, 2.75) is 31.8 Å². The molecule has 22 heavy (non-hydrogen) atoms. The summed E-state index contributed by atoms with van der Waals surface area (Å²) in [6.07, 6.45) is 2.49. The van der Waals surface area contributed by atoms with Crippen LogP contribution >= 0.6 is 0 Å². The maximum Gasteiger partial charge on any atom is 0.242 e. The van der Waals surface area contributed by atoms with E-state index in [-0.39, 0.29) is 24.3 Å². The first-order chi connectivity index (χ1) is 10.5. The van der Waals surface area contributed by atoms with Gasteiger partial charge in [0.25, 0.3) is 0 Å². The van der Waals surface area contributed by atoms with Crippen LogP contribution in [0.25, 0.3) is 10.9 Å². The SMILES string of the molecule is CNC(=O)[C@H](Cc1c[nH]c2ccccc12)NC(=O)CC(C)N. The van der Waals surface area contributed by atoms with E-state index in [0.29, 0.717) is 6.42 Å². The molecular weight excluding hydrogens is 280 g/mol. The number of aromatic amines is 1. The lowest BCUT2D eigenvalue weighted by atomic mass is 10.0. The van der Waals surface area contributed by atoms with Crippen molar-refractivity contribution >= 4 is 22.7 Å². The molecule has 0 radical (unpaired) electrons. The van der Waals surface area contributed by atoms with E-state index < -0.39 is 6.04 Å². The van der Waals surface area contributed by atoms with Gasteiger partial charge in [-0.2, -0.15) is 0 Å². The quantitative estimate of drug-likeness (QED) is 0.631. The molecule has 0 bridgehead atoms. The van der Waals surface area contributed by atoms with Crippen molar-refractivity contribution in [3.63, 3.8) is 0 Å². The van der Waals surface area contributed by atoms with Gasteiger partial charge in [0.15, 0.2) is 0 Å². The zero-order valence-electron chi connectivity index (χ0n) is 12.8. The number of aromatic nitrogens is 1. The molecule has 1 aromatic heterocycles. The molecule has 2 rings (SSSR count). The second-order valence-corrected chi connectivity index (χ2v) is 5.48. The van der Waals surface area contributed by atoms with Crippen LogP contribution in [0, 0.1) is 0 Å². The first-order valence-corrected chi connectivity index (χ1v) is 7.32. The maximum absolute atomic E-state index is 12.0. The van der Waals surface area contributed by atoms with Crippen LogP contribution in [0.4, 0.5) is 0 Å². The molecule has 1 heterocycles. The number of nitrogens with two attached hydrogens (primary N) is 1. The van der Waals surface area contributed by atoms with Gasteiger partial charge in [-0.25, -0.2) is 0 Å². The van der Waals surface area contributed by atoms with E-state index in [4.69, 9.17) is 5.73 Å². The lowest BCUT2D eigenvalue weighted by Gasteiger charge is -2.17. The number of carbonyl (C=O) groups excluding carboxylic acids is 2. The Balaban J connectivity index is 2.16. The fourth-order valence-electron chi connectivity index (χ4n) is 2.45. The topological polar surface area (TPSA) is 100 Å². The number of fused-ring (bicyclic) bond motifs is 1. The van der Waals surface area contributed by atoms with E-state index in [2.05, 4.69) is 15.6 Å². The second-order valence-electron chi connectivity index (χ2n) is 5.48. The van der Waals surface area contributed by atoms with Crippen molar-refractivity contribution < 1.29 is 9.59 Å². The van der Waals surface area contributed by atoms with Gasteiger partial charge in [0.05, 0.1) is 0 Å². The molecule has 0 fully saturated rings. The molecule has 2 atom stereocenters. The lowest BCUT2D eigenvalue weighted by Crippen LogP contribution is -2.47. The molecule has 1 unspecified atom stereocenters. The molecule has 1 aromatic carbocycles. The fraction of sp³-hybridized carbons (Fsp3) is 0.375. The Morgan fingerprint density at radius 1 is 1.32 bits per heavy atom. The van der Waals surface area contributed by atoms with Crippen molar-refractivity contribution in [2.24, 2.45) is 5.73 Å². The molecule has 5 N–H and O–H groups in total. The monoisotopic (exact) mass is 302 g/mol. The Labute approximate surface area is 129 Å². The predicted octanol–water partition coefficient (Wildman–Crippen LogP) is 0.679. The Bertz CT molecular complexity index is 663. The van der Waals surface area contributed by atoms with Crippen molar-refractivity contribution in [1.29, 1.82) is 0 Å². The van der Waals surface area contributed by atoms with E-state index in [1.807, 2.05) is 30.5 Å². The first kappa shape index (κ1) is 16.0. The number of likely N-dealkylation sites (N-methyl/N-ethyl adjacent to an activating group) is 1. The third-order valence-corrected chi connectivity index (χ3v) is 3.50. The normalized spacial score (nSPS) is 13.6. The molecule has 0 aliphatic heterocycles. The Morgan fingerprint density at radius 2 is 2.05 bits per heavy atom. The van der Waals surface area contributed by atoms with Gasteiger partial charge in [0.2, 0.25) is 11.8 Å². The van der Waals surface area contributed by atoms with Crippen molar-refractivity contribution in [3.05, 3.63) is 36.0 Å². The number of amides is 2. The van der Waals surface area contributed by atoms with E-state index in [1.165, 1.54) is 0 Å². The minimum Gasteiger partial charge on any atom is -0.361 e. The van der Waals surface area contributed by atoms with Crippen LogP contribution in [-0.2, 0) is 16.0 Å². The molecule has 118 valence electrons. The molecule has 0 aliphatic rings. The van der Waals surface area contributed by atoms with Crippen LogP contribution in [0.2, 0.25) is 0 Å². The summed E-state index contributed by atoms with van der Waals surface area (Å²) in [6, 6.07) is 7.01. The smallest absolute Gasteiger partial charge is 0.242 e. The number of nitrogens with one attached hydrogen (secondary N) is 3. The Kier molecular flexibility index (Phi) is 5.16. The summed E-state index contributed by atoms with van der Waals surface area (Å²) in [5.41, 5.74) is 7.62. The molecule has 6 heteroatoms. The summed E-state index contributed by atoms with van der Waals surface area (Å²) in [5.74, 6) is -0.438. The molecule has 2 amide bonds. The van der Waals surface area contributed by atoms with Gasteiger partial charge in [-0.05, 0) is 18.6 Å². The molecule has 6 nitrogen and oxygen atoms in total. The highest BCUT2D eigenvalue weighted by Crippen LogP contribution is 2.19. The van der Waals surface area contributed by atoms with Crippen molar-refractivity contribution in [2.75, 3.05) is 7.05 Å². The van der Waals surface area contributed by atoms with Crippen molar-refractivity contribution in [3.8, 4) is 0 Å². The van der Waals surface area contributed by atoms with Gasteiger partial charge < -0.3 is 21.4 Å². The van der Waals surface area contributed by atoms with E-state index in [1.54, 1.807) is 14.0 Å². The van der Waals surface area contributed by atoms with Gasteiger partial charge in [0.1, 0.15) is 6.04 Å². The lowest BCUT2D eigenvalue weighted by molar-refractivity contribution is -0.128. The molecule has 2 aromatic rings. The molecule has 0 aliphatic carbocycles.